The van der Waals surface area contributed by atoms with E-state index < -0.39 is 5.41 Å². The number of hydrogen-bond donors (Lipinski definition) is 1. The van der Waals surface area contributed by atoms with Gasteiger partial charge in [0.2, 0.25) is 5.91 Å². The topological polar surface area (TPSA) is 52.3 Å². The average molecular weight is 240 g/mol. The first-order valence-corrected chi connectivity index (χ1v) is 5.72. The summed E-state index contributed by atoms with van der Waals surface area (Å²) in [4.78, 5) is 11.4. The molecule has 0 radical (unpaired) electrons. The maximum absolute atomic E-state index is 11.4. The number of alkyl halides is 1. The Morgan fingerprint density at radius 3 is 2.50 bits per heavy atom. The minimum atomic E-state index is -0.660. The van der Waals surface area contributed by atoms with Gasteiger partial charge in [-0.1, -0.05) is 12.1 Å². The Labute approximate surface area is 99.5 Å². The zero-order valence-corrected chi connectivity index (χ0v) is 9.83. The second-order valence-electron chi connectivity index (χ2n) is 3.96. The third kappa shape index (κ3) is 1.65. The largest absolute Gasteiger partial charge is 0.494 e. The van der Waals surface area contributed by atoms with Gasteiger partial charge >= 0.3 is 0 Å². The lowest BCUT2D eigenvalue weighted by Crippen LogP contribution is -2.30. The van der Waals surface area contributed by atoms with Gasteiger partial charge in [0.15, 0.2) is 0 Å². The van der Waals surface area contributed by atoms with Gasteiger partial charge in [-0.15, -0.1) is 11.6 Å². The van der Waals surface area contributed by atoms with Crippen molar-refractivity contribution < 1.29 is 9.53 Å². The molecule has 3 nitrogen and oxygen atoms in total. The molecule has 1 saturated carbocycles. The molecule has 2 atom stereocenters. The maximum Gasteiger partial charge on any atom is 0.229 e. The molecule has 0 aliphatic heterocycles. The number of primary amides is 1. The molecule has 1 aliphatic rings. The van der Waals surface area contributed by atoms with Gasteiger partial charge in [-0.2, -0.15) is 0 Å². The lowest BCUT2D eigenvalue weighted by atomic mass is 9.95. The molecular formula is C12H14ClNO2. The van der Waals surface area contributed by atoms with Crippen LogP contribution in [0.1, 0.15) is 18.9 Å². The van der Waals surface area contributed by atoms with Crippen molar-refractivity contribution in [1.82, 2.24) is 0 Å². The van der Waals surface area contributed by atoms with Crippen molar-refractivity contribution in [2.75, 3.05) is 6.61 Å². The van der Waals surface area contributed by atoms with E-state index in [2.05, 4.69) is 0 Å². The van der Waals surface area contributed by atoms with Gasteiger partial charge < -0.3 is 10.5 Å². The van der Waals surface area contributed by atoms with Crippen molar-refractivity contribution >= 4 is 17.5 Å². The fourth-order valence-electron chi connectivity index (χ4n) is 1.93. The summed E-state index contributed by atoms with van der Waals surface area (Å²) in [6.45, 7) is 2.55. The van der Waals surface area contributed by atoms with Crippen LogP contribution < -0.4 is 10.5 Å². The van der Waals surface area contributed by atoms with Crippen molar-refractivity contribution in [2.24, 2.45) is 5.73 Å². The number of carbonyl (C=O) groups excluding carboxylic acids is 1. The van der Waals surface area contributed by atoms with Crippen molar-refractivity contribution in [1.29, 1.82) is 0 Å². The van der Waals surface area contributed by atoms with Crippen LogP contribution in [0, 0.1) is 0 Å². The lowest BCUT2D eigenvalue weighted by molar-refractivity contribution is -0.120. The Kier molecular flexibility index (Phi) is 2.80. The van der Waals surface area contributed by atoms with E-state index in [-0.39, 0.29) is 11.3 Å². The van der Waals surface area contributed by atoms with Crippen LogP contribution in [0.15, 0.2) is 24.3 Å². The Morgan fingerprint density at radius 2 is 2.12 bits per heavy atom. The van der Waals surface area contributed by atoms with E-state index in [4.69, 9.17) is 22.1 Å². The third-order valence-electron chi connectivity index (χ3n) is 3.00. The van der Waals surface area contributed by atoms with Gasteiger partial charge in [-0.05, 0) is 31.0 Å². The highest BCUT2D eigenvalue weighted by atomic mass is 35.5. The second kappa shape index (κ2) is 3.98. The summed E-state index contributed by atoms with van der Waals surface area (Å²) < 4.78 is 5.33. The monoisotopic (exact) mass is 239 g/mol. The second-order valence-corrected chi connectivity index (χ2v) is 4.49. The number of halogens is 1. The normalized spacial score (nSPS) is 27.5. The molecule has 16 heavy (non-hydrogen) atoms. The van der Waals surface area contributed by atoms with Crippen LogP contribution in [-0.2, 0) is 10.2 Å². The Morgan fingerprint density at radius 1 is 1.56 bits per heavy atom. The minimum Gasteiger partial charge on any atom is -0.494 e. The van der Waals surface area contributed by atoms with E-state index >= 15 is 0 Å². The smallest absolute Gasteiger partial charge is 0.229 e. The minimum absolute atomic E-state index is 0.178. The lowest BCUT2D eigenvalue weighted by Gasteiger charge is -2.12. The SMILES string of the molecule is CCOc1ccc(C2(C(N)=O)CC2Cl)cc1. The summed E-state index contributed by atoms with van der Waals surface area (Å²) in [5.41, 5.74) is 5.62. The number of ether oxygens (including phenoxy) is 1. The van der Waals surface area contributed by atoms with Crippen LogP contribution in [0.3, 0.4) is 0 Å². The molecule has 4 heteroatoms. The molecule has 0 spiro atoms. The molecule has 0 heterocycles. The Hall–Kier alpha value is -1.22. The van der Waals surface area contributed by atoms with Crippen molar-refractivity contribution in [3.63, 3.8) is 0 Å². The van der Waals surface area contributed by atoms with Crippen molar-refractivity contribution in [3.05, 3.63) is 29.8 Å². The quantitative estimate of drug-likeness (QED) is 0.815. The zero-order chi connectivity index (χ0) is 11.8. The van der Waals surface area contributed by atoms with Crippen LogP contribution in [-0.4, -0.2) is 17.9 Å². The van der Waals surface area contributed by atoms with Gasteiger partial charge in [0.25, 0.3) is 0 Å². The van der Waals surface area contributed by atoms with E-state index in [0.29, 0.717) is 13.0 Å². The number of benzene rings is 1. The fourth-order valence-corrected chi connectivity index (χ4v) is 2.41. The highest BCUT2D eigenvalue weighted by Gasteiger charge is 2.59. The van der Waals surface area contributed by atoms with E-state index in [1.807, 2.05) is 31.2 Å². The highest BCUT2D eigenvalue weighted by molar-refractivity contribution is 6.27. The van der Waals surface area contributed by atoms with E-state index in [1.165, 1.54) is 0 Å². The molecule has 2 rings (SSSR count). The van der Waals surface area contributed by atoms with Gasteiger partial charge in [0.05, 0.1) is 17.4 Å². The molecule has 1 aliphatic carbocycles. The van der Waals surface area contributed by atoms with Gasteiger partial charge in [0, 0.05) is 0 Å². The molecule has 0 bridgehead atoms. The molecule has 1 aromatic rings. The molecular weight excluding hydrogens is 226 g/mol. The number of amides is 1. The van der Waals surface area contributed by atoms with Gasteiger partial charge in [-0.25, -0.2) is 0 Å². The molecule has 0 aromatic heterocycles. The fraction of sp³-hybridized carbons (Fsp3) is 0.417. The van der Waals surface area contributed by atoms with Crippen molar-refractivity contribution in [2.45, 2.75) is 24.1 Å². The summed E-state index contributed by atoms with van der Waals surface area (Å²) in [5.74, 6) is 0.439. The van der Waals surface area contributed by atoms with E-state index in [1.54, 1.807) is 0 Å². The zero-order valence-electron chi connectivity index (χ0n) is 9.07. The molecule has 1 amide bonds. The first kappa shape index (κ1) is 11.3. The van der Waals surface area contributed by atoms with E-state index in [0.717, 1.165) is 11.3 Å². The molecule has 2 unspecified atom stereocenters. The number of rotatable bonds is 4. The molecule has 0 saturated heterocycles. The van der Waals surface area contributed by atoms with Crippen LogP contribution in [0.5, 0.6) is 5.75 Å². The van der Waals surface area contributed by atoms with Gasteiger partial charge in [-0.3, -0.25) is 4.79 Å². The number of hydrogen-bond acceptors (Lipinski definition) is 2. The summed E-state index contributed by atoms with van der Waals surface area (Å²) in [6, 6.07) is 7.40. The summed E-state index contributed by atoms with van der Waals surface area (Å²) in [5, 5.41) is -0.178. The van der Waals surface area contributed by atoms with Crippen LogP contribution in [0.2, 0.25) is 0 Å². The van der Waals surface area contributed by atoms with Gasteiger partial charge in [0.1, 0.15) is 5.75 Å². The number of carbonyl (C=O) groups is 1. The molecule has 86 valence electrons. The van der Waals surface area contributed by atoms with Crippen LogP contribution in [0.25, 0.3) is 0 Å². The van der Waals surface area contributed by atoms with Crippen LogP contribution >= 0.6 is 11.6 Å². The first-order valence-electron chi connectivity index (χ1n) is 5.28. The number of nitrogens with two attached hydrogens (primary N) is 1. The maximum atomic E-state index is 11.4. The molecule has 1 aromatic carbocycles. The third-order valence-corrected chi connectivity index (χ3v) is 3.52. The van der Waals surface area contributed by atoms with Crippen LogP contribution in [0.4, 0.5) is 0 Å². The average Bonchev–Trinajstić information content (AvgIpc) is 2.93. The summed E-state index contributed by atoms with van der Waals surface area (Å²) in [7, 11) is 0. The molecule has 2 N–H and O–H groups in total. The highest BCUT2D eigenvalue weighted by Crippen LogP contribution is 2.52. The van der Waals surface area contributed by atoms with Crippen molar-refractivity contribution in [3.8, 4) is 5.75 Å². The Balaban J connectivity index is 2.25. The standard InChI is InChI=1S/C12H14ClNO2/c1-2-16-9-5-3-8(4-6-9)12(11(14)15)7-10(12)13/h3-6,10H,2,7H2,1H3,(H2,14,15). The predicted molar refractivity (Wildman–Crippen MR) is 62.7 cm³/mol. The summed E-state index contributed by atoms with van der Waals surface area (Å²) >= 11 is 6.01. The molecule has 1 fully saturated rings. The predicted octanol–water partition coefficient (Wildman–Crippen LogP) is 1.82. The first-order chi connectivity index (χ1) is 7.61. The van der Waals surface area contributed by atoms with E-state index in [9.17, 15) is 4.79 Å². The summed E-state index contributed by atoms with van der Waals surface area (Å²) in [6.07, 6.45) is 0.623. The Bertz CT molecular complexity index is 404.